The molecule has 0 aliphatic heterocycles. The first-order valence-electron chi connectivity index (χ1n) is 9.57. The molecule has 0 unspecified atom stereocenters. The maximum Gasteiger partial charge on any atom is 0.433 e. The highest BCUT2D eigenvalue weighted by atomic mass is 35.5. The molecule has 1 fully saturated rings. The number of benzene rings is 1. The van der Waals surface area contributed by atoms with Crippen LogP contribution in [-0.2, 0) is 6.18 Å². The lowest BCUT2D eigenvalue weighted by Gasteiger charge is -2.30. The minimum Gasteiger partial charge on any atom is -0.472 e. The molecule has 158 valence electrons. The van der Waals surface area contributed by atoms with Crippen LogP contribution in [0, 0.1) is 0 Å². The minimum absolute atomic E-state index is 0.0137. The molecule has 2 N–H and O–H groups in total. The van der Waals surface area contributed by atoms with E-state index in [9.17, 15) is 18.0 Å². The fourth-order valence-electron chi connectivity index (χ4n) is 3.73. The van der Waals surface area contributed by atoms with Crippen molar-refractivity contribution in [3.8, 4) is 0 Å². The van der Waals surface area contributed by atoms with Gasteiger partial charge in [0.25, 0.3) is 5.91 Å². The largest absolute Gasteiger partial charge is 0.472 e. The number of anilines is 1. The van der Waals surface area contributed by atoms with Crippen molar-refractivity contribution in [1.29, 1.82) is 0 Å². The first-order valence-corrected chi connectivity index (χ1v) is 9.94. The number of rotatable bonds is 4. The molecule has 3 aromatic rings. The molecule has 0 saturated heterocycles. The number of hydrogen-bond donors (Lipinski definition) is 2. The zero-order chi connectivity index (χ0) is 21.3. The summed E-state index contributed by atoms with van der Waals surface area (Å²) in [5.41, 5.74) is 0.120. The highest BCUT2D eigenvalue weighted by Gasteiger charge is 2.34. The molecule has 0 radical (unpaired) electrons. The summed E-state index contributed by atoms with van der Waals surface area (Å²) in [5.74, 6) is -0.190. The average Bonchev–Trinajstić information content (AvgIpc) is 3.24. The van der Waals surface area contributed by atoms with Crippen molar-refractivity contribution in [3.05, 3.63) is 59.1 Å². The third-order valence-corrected chi connectivity index (χ3v) is 5.50. The zero-order valence-corrected chi connectivity index (χ0v) is 16.6. The lowest BCUT2D eigenvalue weighted by molar-refractivity contribution is -0.140. The summed E-state index contributed by atoms with van der Waals surface area (Å²) < 4.78 is 44.8. The van der Waals surface area contributed by atoms with Crippen LogP contribution in [0.2, 0.25) is 5.02 Å². The number of pyridine rings is 1. The third kappa shape index (κ3) is 4.53. The highest BCUT2D eigenvalue weighted by molar-refractivity contribution is 6.31. The van der Waals surface area contributed by atoms with Gasteiger partial charge in [0.05, 0.1) is 17.3 Å². The van der Waals surface area contributed by atoms with Crippen molar-refractivity contribution < 1.29 is 22.4 Å². The van der Waals surface area contributed by atoms with Crippen LogP contribution in [0.3, 0.4) is 0 Å². The van der Waals surface area contributed by atoms with Crippen molar-refractivity contribution in [2.75, 3.05) is 5.32 Å². The molecule has 1 amide bonds. The van der Waals surface area contributed by atoms with Gasteiger partial charge in [-0.25, -0.2) is 4.98 Å². The van der Waals surface area contributed by atoms with Crippen molar-refractivity contribution in [2.45, 2.75) is 43.9 Å². The van der Waals surface area contributed by atoms with E-state index >= 15 is 0 Å². The quantitative estimate of drug-likeness (QED) is 0.553. The summed E-state index contributed by atoms with van der Waals surface area (Å²) in [4.78, 5) is 15.9. The molecule has 2 heterocycles. The second-order valence-corrected chi connectivity index (χ2v) is 7.83. The van der Waals surface area contributed by atoms with Crippen LogP contribution >= 0.6 is 11.6 Å². The number of furan rings is 1. The van der Waals surface area contributed by atoms with Gasteiger partial charge in [0.15, 0.2) is 0 Å². The number of alkyl halides is 3. The van der Waals surface area contributed by atoms with Crippen LogP contribution in [0.15, 0.2) is 47.3 Å². The first kappa shape index (κ1) is 20.5. The van der Waals surface area contributed by atoms with E-state index in [4.69, 9.17) is 16.0 Å². The Morgan fingerprint density at radius 3 is 2.50 bits per heavy atom. The predicted octanol–water partition coefficient (Wildman–Crippen LogP) is 5.65. The third-order valence-electron chi connectivity index (χ3n) is 5.27. The molecule has 2 aromatic heterocycles. The van der Waals surface area contributed by atoms with Gasteiger partial charge in [0, 0.05) is 28.2 Å². The van der Waals surface area contributed by atoms with Crippen LogP contribution in [0.5, 0.6) is 0 Å². The smallest absolute Gasteiger partial charge is 0.433 e. The number of carbonyl (C=O) groups is 1. The fourth-order valence-corrected chi connectivity index (χ4v) is 3.90. The lowest BCUT2D eigenvalue weighted by atomic mass is 9.90. The maximum absolute atomic E-state index is 13.3. The van der Waals surface area contributed by atoms with Gasteiger partial charge in [-0.15, -0.1) is 0 Å². The van der Waals surface area contributed by atoms with Gasteiger partial charge < -0.3 is 15.1 Å². The van der Waals surface area contributed by atoms with Gasteiger partial charge in [-0.1, -0.05) is 11.6 Å². The molecule has 0 bridgehead atoms. The summed E-state index contributed by atoms with van der Waals surface area (Å²) in [6.45, 7) is 0. The SMILES string of the molecule is O=C(N[C@H]1CC[C@@H](Nc2cc(C(F)(F)F)nc3ccc(Cl)cc23)CC1)c1ccoc1. The number of hydrogen-bond acceptors (Lipinski definition) is 4. The number of fused-ring (bicyclic) bond motifs is 1. The Morgan fingerprint density at radius 2 is 1.83 bits per heavy atom. The number of carbonyl (C=O) groups excluding carboxylic acids is 1. The summed E-state index contributed by atoms with van der Waals surface area (Å²) >= 11 is 6.05. The Morgan fingerprint density at radius 1 is 1.10 bits per heavy atom. The summed E-state index contributed by atoms with van der Waals surface area (Å²) in [5, 5.41) is 7.18. The van der Waals surface area contributed by atoms with Crippen molar-refractivity contribution in [1.82, 2.24) is 10.3 Å². The van der Waals surface area contributed by atoms with E-state index in [2.05, 4.69) is 15.6 Å². The molecule has 9 heteroatoms. The van der Waals surface area contributed by atoms with Crippen LogP contribution in [0.4, 0.5) is 18.9 Å². The van der Waals surface area contributed by atoms with E-state index in [1.165, 1.54) is 24.7 Å². The minimum atomic E-state index is -4.54. The van der Waals surface area contributed by atoms with E-state index in [1.807, 2.05) is 0 Å². The summed E-state index contributed by atoms with van der Waals surface area (Å²) in [7, 11) is 0. The van der Waals surface area contributed by atoms with Gasteiger partial charge in [-0.3, -0.25) is 4.79 Å². The first-order chi connectivity index (χ1) is 14.3. The normalized spacial score (nSPS) is 19.6. The van der Waals surface area contributed by atoms with Gasteiger partial charge >= 0.3 is 6.18 Å². The number of aromatic nitrogens is 1. The van der Waals surface area contributed by atoms with Gasteiger partial charge in [0.2, 0.25) is 0 Å². The number of nitrogens with one attached hydrogen (secondary N) is 2. The Hall–Kier alpha value is -2.74. The lowest BCUT2D eigenvalue weighted by Crippen LogP contribution is -2.40. The maximum atomic E-state index is 13.3. The van der Waals surface area contributed by atoms with Crippen molar-refractivity contribution in [2.24, 2.45) is 0 Å². The van der Waals surface area contributed by atoms with E-state index in [0.29, 0.717) is 34.5 Å². The van der Waals surface area contributed by atoms with E-state index < -0.39 is 11.9 Å². The van der Waals surface area contributed by atoms with Crippen LogP contribution in [0.25, 0.3) is 10.9 Å². The molecule has 0 atom stereocenters. The monoisotopic (exact) mass is 437 g/mol. The van der Waals surface area contributed by atoms with Crippen LogP contribution in [-0.4, -0.2) is 23.0 Å². The average molecular weight is 438 g/mol. The number of amides is 1. The Labute approximate surface area is 175 Å². The fraction of sp³-hybridized carbons (Fsp3) is 0.333. The van der Waals surface area contributed by atoms with Gasteiger partial charge in [0.1, 0.15) is 12.0 Å². The highest BCUT2D eigenvalue weighted by Crippen LogP contribution is 2.35. The molecule has 4 rings (SSSR count). The van der Waals surface area contributed by atoms with Crippen molar-refractivity contribution >= 4 is 34.1 Å². The summed E-state index contributed by atoms with van der Waals surface area (Å²) in [6.07, 6.45) is 1.15. The second-order valence-electron chi connectivity index (χ2n) is 7.39. The Balaban J connectivity index is 1.47. The van der Waals surface area contributed by atoms with E-state index in [-0.39, 0.29) is 23.5 Å². The standard InChI is InChI=1S/C21H19ClF3N3O2/c22-13-1-6-17-16(9-13)18(10-19(28-17)21(23,24)25)26-14-2-4-15(5-3-14)27-20(29)12-7-8-30-11-12/h1,6-11,14-15H,2-5H2,(H,26,28)(H,27,29)/t14-,15+. The summed E-state index contributed by atoms with van der Waals surface area (Å²) in [6, 6.07) is 7.25. The molecule has 1 saturated carbocycles. The van der Waals surface area contributed by atoms with Gasteiger partial charge in [-0.05, 0) is 56.0 Å². The van der Waals surface area contributed by atoms with E-state index in [1.54, 1.807) is 12.1 Å². The van der Waals surface area contributed by atoms with Crippen LogP contribution in [0.1, 0.15) is 41.7 Å². The Kier molecular flexibility index (Phi) is 5.60. The van der Waals surface area contributed by atoms with Crippen molar-refractivity contribution in [3.63, 3.8) is 0 Å². The molecule has 30 heavy (non-hydrogen) atoms. The molecule has 0 spiro atoms. The van der Waals surface area contributed by atoms with E-state index in [0.717, 1.165) is 18.9 Å². The van der Waals surface area contributed by atoms with Gasteiger partial charge in [-0.2, -0.15) is 13.2 Å². The molecule has 1 aromatic carbocycles. The second kappa shape index (κ2) is 8.18. The Bertz CT molecular complexity index is 1050. The molecule has 1 aliphatic rings. The molecule has 5 nitrogen and oxygen atoms in total. The molecular weight excluding hydrogens is 419 g/mol. The molecular formula is C21H19ClF3N3O2. The predicted molar refractivity (Wildman–Crippen MR) is 108 cm³/mol. The van der Waals surface area contributed by atoms with Crippen LogP contribution < -0.4 is 10.6 Å². The molecule has 1 aliphatic carbocycles. The topological polar surface area (TPSA) is 67.2 Å². The number of nitrogens with zero attached hydrogens (tertiary/aromatic N) is 1. The zero-order valence-electron chi connectivity index (χ0n) is 15.8. The number of halogens is 4.